The lowest BCUT2D eigenvalue weighted by molar-refractivity contribution is -0.117. The predicted octanol–water partition coefficient (Wildman–Crippen LogP) is 2.20. The molecule has 0 saturated carbocycles. The van der Waals surface area contributed by atoms with Crippen molar-refractivity contribution in [1.29, 1.82) is 0 Å². The SMILES string of the molecule is CC(=O)N(CC(CN(C(C)=O)c1c(I)c(C(=O)CCC(O)CO)c(I)c(C(=O)NCC(O)CO)c1I)N=[N+]=[N-])c1c(I)c(C(=O)CCC(O)CO)c(I)c(C(=O)NCC(O)CO)c1I. The van der Waals surface area contributed by atoms with E-state index in [0.717, 1.165) is 9.80 Å². The number of halogens is 6. The molecule has 0 aliphatic rings. The van der Waals surface area contributed by atoms with Gasteiger partial charge in [0.25, 0.3) is 11.8 Å². The van der Waals surface area contributed by atoms with E-state index in [1.807, 2.05) is 90.4 Å². The minimum absolute atomic E-state index is 0.0180. The van der Waals surface area contributed by atoms with Crippen LogP contribution in [0.2, 0.25) is 0 Å². The summed E-state index contributed by atoms with van der Waals surface area (Å²) in [5.41, 5.74) is 9.67. The monoisotopic (exact) mass is 1570 g/mol. The summed E-state index contributed by atoms with van der Waals surface area (Å²) in [4.78, 5) is 87.9. The Kier molecular flexibility index (Phi) is 26.3. The van der Waals surface area contributed by atoms with Crippen LogP contribution < -0.4 is 20.4 Å². The van der Waals surface area contributed by atoms with E-state index in [9.17, 15) is 75.2 Å². The first-order chi connectivity index (χ1) is 30.0. The summed E-state index contributed by atoms with van der Waals surface area (Å²) >= 11 is 10.9. The molecule has 2 rings (SSSR count). The highest BCUT2D eigenvalue weighted by atomic mass is 127. The highest BCUT2D eigenvalue weighted by Crippen LogP contribution is 2.41. The van der Waals surface area contributed by atoms with Crippen molar-refractivity contribution in [3.63, 3.8) is 0 Å². The number of nitrogens with one attached hydrogen (secondary N) is 2. The summed E-state index contributed by atoms with van der Waals surface area (Å²) < 4.78 is 0.947. The molecule has 0 heterocycles. The zero-order valence-electron chi connectivity index (χ0n) is 33.9. The Balaban J connectivity index is 2.95. The molecule has 64 heavy (non-hydrogen) atoms. The fraction of sp³-hybridized carbons (Fsp3) is 0.514. The molecule has 0 fully saturated rings. The molecule has 0 aliphatic heterocycles. The third kappa shape index (κ3) is 15.8. The van der Waals surface area contributed by atoms with E-state index in [0.29, 0.717) is 0 Å². The lowest BCUT2D eigenvalue weighted by atomic mass is 9.99. The van der Waals surface area contributed by atoms with E-state index in [1.165, 1.54) is 13.8 Å². The molecular formula is C37H45I6N7O14. The molecule has 0 saturated heterocycles. The van der Waals surface area contributed by atoms with Crippen molar-refractivity contribution >= 4 is 182 Å². The molecule has 0 spiro atoms. The van der Waals surface area contributed by atoms with Crippen LogP contribution in [0.25, 0.3) is 10.4 Å². The molecule has 4 atom stereocenters. The molecule has 0 radical (unpaired) electrons. The van der Waals surface area contributed by atoms with Crippen molar-refractivity contribution in [3.8, 4) is 0 Å². The summed E-state index contributed by atoms with van der Waals surface area (Å²) in [7, 11) is 0. The van der Waals surface area contributed by atoms with Gasteiger partial charge in [0, 0.05) is 83.2 Å². The quantitative estimate of drug-likeness (QED) is 0.0224. The second kappa shape index (κ2) is 28.5. The number of aliphatic hydroxyl groups excluding tert-OH is 8. The van der Waals surface area contributed by atoms with Gasteiger partial charge < -0.3 is 61.3 Å². The van der Waals surface area contributed by atoms with Crippen LogP contribution in [0.3, 0.4) is 0 Å². The Bertz CT molecular complexity index is 1890. The number of Topliss-reactive ketones (excluding diaryl/α,β-unsaturated/α-hetero) is 2. The third-order valence-corrected chi connectivity index (χ3v) is 15.5. The van der Waals surface area contributed by atoms with Gasteiger partial charge in [0.1, 0.15) is 0 Å². The molecule has 10 N–H and O–H groups in total. The number of amides is 4. The van der Waals surface area contributed by atoms with E-state index in [1.54, 1.807) is 45.2 Å². The van der Waals surface area contributed by atoms with Crippen LogP contribution in [0.4, 0.5) is 11.4 Å². The van der Waals surface area contributed by atoms with Crippen molar-refractivity contribution in [2.75, 3.05) is 62.4 Å². The molecule has 4 amide bonds. The molecule has 0 bridgehead atoms. The van der Waals surface area contributed by atoms with Gasteiger partial charge in [-0.1, -0.05) is 5.11 Å². The zero-order valence-corrected chi connectivity index (χ0v) is 46.8. The maximum Gasteiger partial charge on any atom is 0.253 e. The Hall–Kier alpha value is -0.970. The van der Waals surface area contributed by atoms with Gasteiger partial charge in [0.15, 0.2) is 11.6 Å². The minimum Gasteiger partial charge on any atom is -0.394 e. The van der Waals surface area contributed by atoms with Crippen molar-refractivity contribution < 1.29 is 69.6 Å². The van der Waals surface area contributed by atoms with E-state index in [4.69, 9.17) is 0 Å². The molecule has 354 valence electrons. The van der Waals surface area contributed by atoms with Gasteiger partial charge in [-0.15, -0.1) is 0 Å². The van der Waals surface area contributed by atoms with Crippen LogP contribution in [-0.2, 0) is 9.59 Å². The maximum atomic E-state index is 13.8. The number of rotatable bonds is 25. The number of hydrogen-bond donors (Lipinski definition) is 10. The van der Waals surface area contributed by atoms with Crippen LogP contribution in [0.15, 0.2) is 5.11 Å². The summed E-state index contributed by atoms with van der Waals surface area (Å²) in [6.45, 7) is -1.96. The van der Waals surface area contributed by atoms with E-state index < -0.39 is 105 Å². The number of carbonyl (C=O) groups is 6. The third-order valence-electron chi connectivity index (χ3n) is 9.15. The fourth-order valence-electron chi connectivity index (χ4n) is 5.80. The molecule has 2 aromatic carbocycles. The number of anilines is 2. The topological polar surface area (TPSA) is 344 Å². The largest absolute Gasteiger partial charge is 0.394 e. The molecule has 2 aromatic rings. The minimum atomic E-state index is -1.33. The average molecular weight is 1570 g/mol. The molecule has 0 aromatic heterocycles. The second-order valence-electron chi connectivity index (χ2n) is 13.9. The van der Waals surface area contributed by atoms with E-state index >= 15 is 0 Å². The van der Waals surface area contributed by atoms with Crippen LogP contribution >= 0.6 is 136 Å². The second-order valence-corrected chi connectivity index (χ2v) is 20.4. The number of azide groups is 1. The summed E-state index contributed by atoms with van der Waals surface area (Å²) in [6.07, 6.45) is -5.98. The maximum absolute atomic E-state index is 13.8. The van der Waals surface area contributed by atoms with Gasteiger partial charge in [-0.25, -0.2) is 0 Å². The highest BCUT2D eigenvalue weighted by molar-refractivity contribution is 14.1. The van der Waals surface area contributed by atoms with Gasteiger partial charge in [-0.2, -0.15) is 0 Å². The number of hydrogen-bond acceptors (Lipinski definition) is 15. The smallest absolute Gasteiger partial charge is 0.253 e. The zero-order chi connectivity index (χ0) is 48.7. The van der Waals surface area contributed by atoms with Crippen LogP contribution in [-0.4, -0.2) is 159 Å². The van der Waals surface area contributed by atoms with Gasteiger partial charge in [0.2, 0.25) is 11.8 Å². The van der Waals surface area contributed by atoms with Crippen LogP contribution in [0.5, 0.6) is 0 Å². The van der Waals surface area contributed by atoms with Crippen molar-refractivity contribution in [2.24, 2.45) is 5.11 Å². The van der Waals surface area contributed by atoms with Crippen molar-refractivity contribution in [2.45, 2.75) is 70.0 Å². The number of carbonyl (C=O) groups excluding carboxylic acids is 6. The van der Waals surface area contributed by atoms with Gasteiger partial charge in [-0.05, 0) is 154 Å². The molecule has 4 unspecified atom stereocenters. The summed E-state index contributed by atoms with van der Waals surface area (Å²) in [5.74, 6) is -4.03. The van der Waals surface area contributed by atoms with Gasteiger partial charge in [-0.3, -0.25) is 28.8 Å². The molecule has 21 nitrogen and oxygen atoms in total. The fourth-order valence-corrected chi connectivity index (χ4v) is 15.5. The van der Waals surface area contributed by atoms with Crippen LogP contribution in [0, 0.1) is 21.4 Å². The molecule has 0 aliphatic carbocycles. The lowest BCUT2D eigenvalue weighted by Crippen LogP contribution is -2.44. The van der Waals surface area contributed by atoms with Crippen molar-refractivity contribution in [1.82, 2.24) is 10.6 Å². The molecular weight excluding hydrogens is 1530 g/mol. The number of nitrogens with zero attached hydrogens (tertiary/aromatic N) is 5. The lowest BCUT2D eigenvalue weighted by Gasteiger charge is -2.32. The first kappa shape index (κ1) is 59.2. The highest BCUT2D eigenvalue weighted by Gasteiger charge is 2.35. The Morgan fingerprint density at radius 3 is 1.16 bits per heavy atom. The summed E-state index contributed by atoms with van der Waals surface area (Å²) in [5, 5.41) is 86.3. The number of aliphatic hydroxyl groups is 8. The predicted molar refractivity (Wildman–Crippen MR) is 282 cm³/mol. The molecule has 27 heteroatoms. The first-order valence-corrected chi connectivity index (χ1v) is 25.3. The normalized spacial score (nSPS) is 13.5. The number of ketones is 2. The summed E-state index contributed by atoms with van der Waals surface area (Å²) in [6, 6.07) is -1.32. The number of benzene rings is 2. The standard InChI is InChI=1S/C37H45I6N7O14/c1-15(55)49(34-30(40)24(22(61)5-3-18(57)11-51)28(38)26(32(34)42)36(63)45-7-20(59)13-53)9-17(47-48-44)10-50(16(2)56)35-31(41)25(23(62)6-4-19(58)12-52)29(39)27(33(35)43)37(64)46-8-21(60)14-54/h17-21,51-54,57-60H,3-14H2,1-2H3,(H,45,63)(H,46,64). The van der Waals surface area contributed by atoms with E-state index in [2.05, 4.69) is 20.7 Å². The Labute approximate surface area is 448 Å². The van der Waals surface area contributed by atoms with E-state index in [-0.39, 0.29) is 93.8 Å². The van der Waals surface area contributed by atoms with Gasteiger partial charge in [0.05, 0.1) is 86.5 Å². The van der Waals surface area contributed by atoms with Gasteiger partial charge >= 0.3 is 0 Å². The van der Waals surface area contributed by atoms with Crippen molar-refractivity contribution in [3.05, 3.63) is 54.1 Å². The first-order valence-electron chi connectivity index (χ1n) is 18.8. The van der Waals surface area contributed by atoms with Crippen LogP contribution in [0.1, 0.15) is 81.0 Å². The average Bonchev–Trinajstić information content (AvgIpc) is 3.24. The Morgan fingerprint density at radius 2 is 0.875 bits per heavy atom. The Morgan fingerprint density at radius 1 is 0.562 bits per heavy atom.